The van der Waals surface area contributed by atoms with Crippen LogP contribution in [0.1, 0.15) is 31.2 Å². The van der Waals surface area contributed by atoms with E-state index in [0.717, 1.165) is 18.4 Å². The Bertz CT molecular complexity index is 675. The molecular weight excluding hydrogens is 334 g/mol. The van der Waals surface area contributed by atoms with Crippen LogP contribution in [0.4, 0.5) is 4.79 Å². The number of rotatable bonds is 6. The van der Waals surface area contributed by atoms with E-state index in [-0.39, 0.29) is 23.8 Å². The molecule has 0 bridgehead atoms. The maximum Gasteiger partial charge on any atom is 0.317 e. The summed E-state index contributed by atoms with van der Waals surface area (Å²) in [6.45, 7) is 3.33. The normalized spacial score (nSPS) is 22.0. The molecule has 2 atom stereocenters. The van der Waals surface area contributed by atoms with Crippen LogP contribution in [0, 0.1) is 5.92 Å². The van der Waals surface area contributed by atoms with Crippen molar-refractivity contribution in [2.45, 2.75) is 31.7 Å². The molecule has 7 nitrogen and oxygen atoms in total. The average molecular weight is 361 g/mol. The van der Waals surface area contributed by atoms with Crippen LogP contribution in [-0.2, 0) is 4.79 Å². The van der Waals surface area contributed by atoms with Crippen LogP contribution >= 0.6 is 0 Å². The molecule has 2 N–H and O–H groups in total. The number of methoxy groups -OCH3 is 2. The highest BCUT2D eigenvalue weighted by atomic mass is 16.5. The van der Waals surface area contributed by atoms with Crippen molar-refractivity contribution in [1.29, 1.82) is 0 Å². The van der Waals surface area contributed by atoms with Gasteiger partial charge in [-0.2, -0.15) is 0 Å². The van der Waals surface area contributed by atoms with Crippen LogP contribution in [0.15, 0.2) is 18.2 Å². The third kappa shape index (κ3) is 3.86. The Labute approximate surface area is 154 Å². The number of hydrogen-bond acceptors (Lipinski definition) is 4. The molecule has 142 valence electrons. The molecule has 2 fully saturated rings. The monoisotopic (exact) mass is 361 g/mol. The second kappa shape index (κ2) is 7.85. The topological polar surface area (TPSA) is 79.9 Å². The lowest BCUT2D eigenvalue weighted by molar-refractivity contribution is -0.125. The SMILES string of the molecule is CCNC(=O)N1CC(C(=O)NC2CC2)C(c2ccc(OC)cc2OC)C1. The number of amides is 3. The van der Waals surface area contributed by atoms with Crippen LogP contribution < -0.4 is 20.1 Å². The molecule has 1 heterocycles. The highest BCUT2D eigenvalue weighted by Gasteiger charge is 2.42. The van der Waals surface area contributed by atoms with E-state index in [4.69, 9.17) is 9.47 Å². The van der Waals surface area contributed by atoms with Gasteiger partial charge in [-0.15, -0.1) is 0 Å². The van der Waals surface area contributed by atoms with Crippen molar-refractivity contribution in [1.82, 2.24) is 15.5 Å². The van der Waals surface area contributed by atoms with E-state index in [2.05, 4.69) is 10.6 Å². The molecule has 1 saturated heterocycles. The molecule has 0 spiro atoms. The molecule has 26 heavy (non-hydrogen) atoms. The molecule has 0 radical (unpaired) electrons. The number of carbonyl (C=O) groups excluding carboxylic acids is 2. The molecule has 3 amide bonds. The van der Waals surface area contributed by atoms with Crippen LogP contribution in [0.3, 0.4) is 0 Å². The van der Waals surface area contributed by atoms with Crippen molar-refractivity contribution in [3.63, 3.8) is 0 Å². The second-order valence-electron chi connectivity index (χ2n) is 6.84. The molecular formula is C19H27N3O4. The first-order chi connectivity index (χ1) is 12.6. The fourth-order valence-corrected chi connectivity index (χ4v) is 3.47. The second-order valence-corrected chi connectivity index (χ2v) is 6.84. The first-order valence-corrected chi connectivity index (χ1v) is 9.12. The van der Waals surface area contributed by atoms with Crippen LogP contribution in [0.25, 0.3) is 0 Å². The average Bonchev–Trinajstić information content (AvgIpc) is 3.35. The Balaban J connectivity index is 1.87. The fraction of sp³-hybridized carbons (Fsp3) is 0.579. The Morgan fingerprint density at radius 1 is 1.19 bits per heavy atom. The minimum atomic E-state index is -0.291. The minimum absolute atomic E-state index is 0.0159. The van der Waals surface area contributed by atoms with Crippen molar-refractivity contribution in [3.05, 3.63) is 23.8 Å². The maximum atomic E-state index is 12.8. The van der Waals surface area contributed by atoms with Gasteiger partial charge in [-0.3, -0.25) is 4.79 Å². The summed E-state index contributed by atoms with van der Waals surface area (Å²) < 4.78 is 10.8. The van der Waals surface area contributed by atoms with E-state index in [1.54, 1.807) is 19.1 Å². The molecule has 2 aliphatic rings. The van der Waals surface area contributed by atoms with E-state index < -0.39 is 0 Å². The van der Waals surface area contributed by atoms with Crippen LogP contribution in [0.5, 0.6) is 11.5 Å². The number of nitrogens with zero attached hydrogens (tertiary/aromatic N) is 1. The zero-order valence-electron chi connectivity index (χ0n) is 15.6. The lowest BCUT2D eigenvalue weighted by Crippen LogP contribution is -2.40. The van der Waals surface area contributed by atoms with Gasteiger partial charge in [-0.1, -0.05) is 6.07 Å². The summed E-state index contributed by atoms with van der Waals surface area (Å²) in [4.78, 5) is 26.8. The number of benzene rings is 1. The molecule has 1 aromatic rings. The summed E-state index contributed by atoms with van der Waals surface area (Å²) in [6, 6.07) is 5.77. The Morgan fingerprint density at radius 2 is 1.96 bits per heavy atom. The molecule has 7 heteroatoms. The van der Waals surface area contributed by atoms with Gasteiger partial charge in [0.15, 0.2) is 0 Å². The van der Waals surface area contributed by atoms with Crippen molar-refractivity contribution >= 4 is 11.9 Å². The largest absolute Gasteiger partial charge is 0.497 e. The van der Waals surface area contributed by atoms with Crippen LogP contribution in [0.2, 0.25) is 0 Å². The lowest BCUT2D eigenvalue weighted by atomic mass is 9.87. The summed E-state index contributed by atoms with van der Waals surface area (Å²) in [7, 11) is 3.21. The Kier molecular flexibility index (Phi) is 5.54. The number of ether oxygens (including phenoxy) is 2. The number of carbonyl (C=O) groups is 2. The van der Waals surface area contributed by atoms with Crippen molar-refractivity contribution in [3.8, 4) is 11.5 Å². The third-order valence-corrected chi connectivity index (χ3v) is 5.04. The summed E-state index contributed by atoms with van der Waals surface area (Å²) in [5.74, 6) is 0.986. The molecule has 0 aromatic heterocycles. The molecule has 1 aromatic carbocycles. The van der Waals surface area contributed by atoms with E-state index in [1.807, 2.05) is 25.1 Å². The quantitative estimate of drug-likeness (QED) is 0.809. The van der Waals surface area contributed by atoms with Gasteiger partial charge >= 0.3 is 6.03 Å². The van der Waals surface area contributed by atoms with E-state index in [0.29, 0.717) is 37.2 Å². The molecule has 1 aliphatic heterocycles. The molecule has 3 rings (SSSR count). The van der Waals surface area contributed by atoms with Gasteiger partial charge in [-0.05, 0) is 25.8 Å². The number of urea groups is 1. The van der Waals surface area contributed by atoms with E-state index in [9.17, 15) is 9.59 Å². The first kappa shape index (κ1) is 18.4. The Morgan fingerprint density at radius 3 is 2.58 bits per heavy atom. The van der Waals surface area contributed by atoms with Gasteiger partial charge in [-0.25, -0.2) is 4.79 Å². The summed E-state index contributed by atoms with van der Waals surface area (Å²) in [6.07, 6.45) is 2.07. The van der Waals surface area contributed by atoms with Gasteiger partial charge in [0.1, 0.15) is 11.5 Å². The maximum absolute atomic E-state index is 12.8. The van der Waals surface area contributed by atoms with E-state index >= 15 is 0 Å². The molecule has 1 aliphatic carbocycles. The van der Waals surface area contributed by atoms with Gasteiger partial charge in [0.2, 0.25) is 5.91 Å². The van der Waals surface area contributed by atoms with Gasteiger partial charge < -0.3 is 25.0 Å². The summed E-state index contributed by atoms with van der Waals surface area (Å²) in [5, 5.41) is 5.91. The Hall–Kier alpha value is -2.44. The molecule has 1 saturated carbocycles. The van der Waals surface area contributed by atoms with Gasteiger partial charge in [0.25, 0.3) is 0 Å². The van der Waals surface area contributed by atoms with Crippen molar-refractivity contribution in [2.75, 3.05) is 33.9 Å². The van der Waals surface area contributed by atoms with E-state index in [1.165, 1.54) is 0 Å². The summed E-state index contributed by atoms with van der Waals surface area (Å²) in [5.41, 5.74) is 0.927. The number of hydrogen-bond donors (Lipinski definition) is 2. The predicted octanol–water partition coefficient (Wildman–Crippen LogP) is 1.73. The highest BCUT2D eigenvalue weighted by Crippen LogP contribution is 2.39. The van der Waals surface area contributed by atoms with Crippen molar-refractivity contribution < 1.29 is 19.1 Å². The number of nitrogens with one attached hydrogen (secondary N) is 2. The van der Waals surface area contributed by atoms with Gasteiger partial charge in [0.05, 0.1) is 20.1 Å². The fourth-order valence-electron chi connectivity index (χ4n) is 3.47. The zero-order chi connectivity index (χ0) is 18.7. The highest BCUT2D eigenvalue weighted by molar-refractivity contribution is 5.83. The van der Waals surface area contributed by atoms with Gasteiger partial charge in [0, 0.05) is 43.2 Å². The van der Waals surface area contributed by atoms with Crippen LogP contribution in [-0.4, -0.2) is 56.7 Å². The smallest absolute Gasteiger partial charge is 0.317 e. The summed E-state index contributed by atoms with van der Waals surface area (Å²) >= 11 is 0. The lowest BCUT2D eigenvalue weighted by Gasteiger charge is -2.20. The number of likely N-dealkylation sites (tertiary alicyclic amines) is 1. The van der Waals surface area contributed by atoms with Crippen molar-refractivity contribution in [2.24, 2.45) is 5.92 Å². The minimum Gasteiger partial charge on any atom is -0.497 e. The third-order valence-electron chi connectivity index (χ3n) is 5.04. The zero-order valence-corrected chi connectivity index (χ0v) is 15.6. The predicted molar refractivity (Wildman–Crippen MR) is 97.6 cm³/mol. The standard InChI is InChI=1S/C19H27N3O4/c1-4-20-19(24)22-10-15(16(11-22)18(23)21-12-5-6-12)14-8-7-13(25-2)9-17(14)26-3/h7-9,12,15-16H,4-6,10-11H2,1-3H3,(H,20,24)(H,21,23). The first-order valence-electron chi connectivity index (χ1n) is 9.12. The molecule has 2 unspecified atom stereocenters.